The number of amides is 1. The zero-order valence-electron chi connectivity index (χ0n) is 16.8. The van der Waals surface area contributed by atoms with Gasteiger partial charge < -0.3 is 11.1 Å². The van der Waals surface area contributed by atoms with Crippen molar-refractivity contribution < 1.29 is 17.6 Å². The van der Waals surface area contributed by atoms with E-state index >= 15 is 0 Å². The summed E-state index contributed by atoms with van der Waals surface area (Å²) in [6, 6.07) is 19.7. The fourth-order valence-electron chi connectivity index (χ4n) is 3.10. The second kappa shape index (κ2) is 9.22. The van der Waals surface area contributed by atoms with E-state index in [4.69, 9.17) is 10.9 Å². The normalized spacial score (nSPS) is 12.3. The van der Waals surface area contributed by atoms with Gasteiger partial charge in [0.15, 0.2) is 5.83 Å². The molecule has 0 heterocycles. The lowest BCUT2D eigenvalue weighted by Crippen LogP contribution is -2.14. The van der Waals surface area contributed by atoms with Gasteiger partial charge in [0, 0.05) is 17.8 Å². The highest BCUT2D eigenvalue weighted by atomic mass is 32.2. The van der Waals surface area contributed by atoms with Crippen LogP contribution in [-0.2, 0) is 21.4 Å². The Morgan fingerprint density at radius 2 is 1.68 bits per heavy atom. The average Bonchev–Trinajstić information content (AvgIpc) is 2.78. The number of primary sulfonamides is 1. The minimum Gasteiger partial charge on any atom is -0.326 e. The van der Waals surface area contributed by atoms with E-state index in [1.54, 1.807) is 60.7 Å². The van der Waals surface area contributed by atoms with Crippen LogP contribution < -0.4 is 16.2 Å². The molecular formula is C23H22FN3O3S. The molecule has 0 spiro atoms. The summed E-state index contributed by atoms with van der Waals surface area (Å²) >= 11 is 0. The first-order chi connectivity index (χ1) is 14.7. The van der Waals surface area contributed by atoms with Crippen LogP contribution in [0.3, 0.4) is 0 Å². The van der Waals surface area contributed by atoms with Crippen LogP contribution in [-0.4, -0.2) is 14.3 Å². The summed E-state index contributed by atoms with van der Waals surface area (Å²) in [5.74, 6) is -1.79. The van der Waals surface area contributed by atoms with E-state index in [9.17, 15) is 17.6 Å². The molecule has 0 aliphatic carbocycles. The quantitative estimate of drug-likeness (QED) is 0.507. The van der Waals surface area contributed by atoms with Gasteiger partial charge in [0.2, 0.25) is 10.0 Å². The highest BCUT2D eigenvalue weighted by molar-refractivity contribution is 7.89. The number of nitrogens with one attached hydrogen (secondary N) is 1. The monoisotopic (exact) mass is 439 g/mol. The Labute approximate surface area is 180 Å². The van der Waals surface area contributed by atoms with Gasteiger partial charge >= 0.3 is 0 Å². The van der Waals surface area contributed by atoms with Gasteiger partial charge in [-0.1, -0.05) is 54.6 Å². The van der Waals surface area contributed by atoms with Crippen LogP contribution in [0.2, 0.25) is 0 Å². The van der Waals surface area contributed by atoms with E-state index in [0.717, 1.165) is 5.56 Å². The van der Waals surface area contributed by atoms with Crippen LogP contribution in [0.25, 0.3) is 16.7 Å². The Kier molecular flexibility index (Phi) is 6.65. The van der Waals surface area contributed by atoms with E-state index < -0.39 is 21.8 Å². The maximum Gasteiger partial charge on any atom is 0.284 e. The van der Waals surface area contributed by atoms with Crippen LogP contribution in [0.5, 0.6) is 0 Å². The standard InChI is InChI=1S/C23H22FN3O3S/c1-15(18-6-4-5-16(13-18)14-25)22(24)23(28)27-19-11-9-17(10-12-19)20-7-2-3-8-21(20)31(26,29)30/h2-13H,14,25H2,1H3,(H,27,28)(H2,26,29,30)/b22-15+. The number of benzene rings is 3. The molecule has 0 fully saturated rings. The van der Waals surface area contributed by atoms with Gasteiger partial charge in [0.05, 0.1) is 4.90 Å². The van der Waals surface area contributed by atoms with Crippen LogP contribution in [0.4, 0.5) is 10.1 Å². The zero-order valence-corrected chi connectivity index (χ0v) is 17.6. The Morgan fingerprint density at radius 3 is 2.32 bits per heavy atom. The second-order valence-electron chi connectivity index (χ2n) is 6.92. The number of halogens is 1. The third kappa shape index (κ3) is 5.24. The van der Waals surface area contributed by atoms with Crippen LogP contribution >= 0.6 is 0 Å². The molecule has 31 heavy (non-hydrogen) atoms. The molecule has 0 unspecified atom stereocenters. The van der Waals surface area contributed by atoms with Gasteiger partial charge in [-0.05, 0) is 47.4 Å². The summed E-state index contributed by atoms with van der Waals surface area (Å²) in [6.07, 6.45) is 0. The number of rotatable bonds is 6. The molecule has 5 N–H and O–H groups in total. The molecule has 0 radical (unpaired) electrons. The predicted molar refractivity (Wildman–Crippen MR) is 120 cm³/mol. The van der Waals surface area contributed by atoms with Gasteiger partial charge in [-0.25, -0.2) is 17.9 Å². The van der Waals surface area contributed by atoms with Gasteiger partial charge in [-0.2, -0.15) is 0 Å². The van der Waals surface area contributed by atoms with Crippen molar-refractivity contribution in [1.82, 2.24) is 0 Å². The first-order valence-corrected chi connectivity index (χ1v) is 10.9. The SMILES string of the molecule is C/C(=C(\F)C(=O)Nc1ccc(-c2ccccc2S(N)(=O)=O)cc1)c1cccc(CN)c1. The molecule has 6 nitrogen and oxygen atoms in total. The van der Waals surface area contributed by atoms with Crippen LogP contribution in [0.15, 0.2) is 83.5 Å². The second-order valence-corrected chi connectivity index (χ2v) is 8.45. The molecule has 8 heteroatoms. The molecular weight excluding hydrogens is 417 g/mol. The summed E-state index contributed by atoms with van der Waals surface area (Å²) < 4.78 is 38.3. The molecule has 0 saturated carbocycles. The smallest absolute Gasteiger partial charge is 0.284 e. The number of carbonyl (C=O) groups is 1. The van der Waals surface area contributed by atoms with Gasteiger partial charge in [0.25, 0.3) is 5.91 Å². The fraction of sp³-hybridized carbons (Fsp3) is 0.0870. The maximum atomic E-state index is 14.7. The summed E-state index contributed by atoms with van der Waals surface area (Å²) in [5, 5.41) is 7.79. The van der Waals surface area contributed by atoms with Crippen LogP contribution in [0.1, 0.15) is 18.1 Å². The molecule has 0 aliphatic heterocycles. The highest BCUT2D eigenvalue weighted by Crippen LogP contribution is 2.28. The summed E-state index contributed by atoms with van der Waals surface area (Å²) in [5.41, 5.74) is 8.61. The van der Waals surface area contributed by atoms with E-state index in [1.807, 2.05) is 6.07 Å². The minimum atomic E-state index is -3.90. The van der Waals surface area contributed by atoms with Gasteiger partial charge in [-0.3, -0.25) is 4.79 Å². The number of carbonyl (C=O) groups excluding carboxylic acids is 1. The lowest BCUT2D eigenvalue weighted by molar-refractivity contribution is -0.114. The fourth-order valence-corrected chi connectivity index (χ4v) is 3.86. The van der Waals surface area contributed by atoms with Crippen molar-refractivity contribution >= 4 is 27.2 Å². The molecule has 0 aliphatic rings. The molecule has 3 rings (SSSR count). The average molecular weight is 440 g/mol. The third-order valence-corrected chi connectivity index (χ3v) is 5.74. The lowest BCUT2D eigenvalue weighted by atomic mass is 10.0. The molecule has 3 aromatic carbocycles. The Morgan fingerprint density at radius 1 is 1.00 bits per heavy atom. The highest BCUT2D eigenvalue weighted by Gasteiger charge is 2.16. The third-order valence-electron chi connectivity index (χ3n) is 4.77. The number of hydrogen-bond acceptors (Lipinski definition) is 4. The zero-order chi connectivity index (χ0) is 22.6. The maximum absolute atomic E-state index is 14.7. The predicted octanol–water partition coefficient (Wildman–Crippen LogP) is 3.80. The number of allylic oxidation sites excluding steroid dienone is 1. The topological polar surface area (TPSA) is 115 Å². The Hall–Kier alpha value is -3.33. The molecule has 0 aromatic heterocycles. The molecule has 160 valence electrons. The largest absolute Gasteiger partial charge is 0.326 e. The first-order valence-electron chi connectivity index (χ1n) is 9.40. The summed E-state index contributed by atoms with van der Waals surface area (Å²) in [7, 11) is -3.90. The van der Waals surface area contributed by atoms with Gasteiger partial charge in [-0.15, -0.1) is 0 Å². The van der Waals surface area contributed by atoms with E-state index in [-0.39, 0.29) is 10.5 Å². The number of nitrogens with two attached hydrogens (primary N) is 2. The Bertz CT molecular complexity index is 1250. The van der Waals surface area contributed by atoms with Crippen molar-refractivity contribution in [3.05, 3.63) is 89.8 Å². The van der Waals surface area contributed by atoms with Crippen molar-refractivity contribution in [3.63, 3.8) is 0 Å². The van der Waals surface area contributed by atoms with Crippen molar-refractivity contribution in [2.24, 2.45) is 10.9 Å². The Balaban J connectivity index is 1.82. The number of anilines is 1. The lowest BCUT2D eigenvalue weighted by Gasteiger charge is -2.10. The van der Waals surface area contributed by atoms with Crippen molar-refractivity contribution in [2.45, 2.75) is 18.4 Å². The summed E-state index contributed by atoms with van der Waals surface area (Å²) in [4.78, 5) is 12.4. The van der Waals surface area contributed by atoms with Crippen molar-refractivity contribution in [1.29, 1.82) is 0 Å². The molecule has 3 aromatic rings. The van der Waals surface area contributed by atoms with Crippen molar-refractivity contribution in [2.75, 3.05) is 5.32 Å². The van der Waals surface area contributed by atoms with Crippen LogP contribution in [0, 0.1) is 0 Å². The molecule has 0 atom stereocenters. The molecule has 0 saturated heterocycles. The first kappa shape index (κ1) is 22.4. The van der Waals surface area contributed by atoms with Crippen molar-refractivity contribution in [3.8, 4) is 11.1 Å². The van der Waals surface area contributed by atoms with E-state index in [2.05, 4.69) is 5.32 Å². The van der Waals surface area contributed by atoms with E-state index in [1.165, 1.54) is 13.0 Å². The minimum absolute atomic E-state index is 0.00361. The van der Waals surface area contributed by atoms with E-state index in [0.29, 0.717) is 28.9 Å². The van der Waals surface area contributed by atoms with Gasteiger partial charge in [0.1, 0.15) is 0 Å². The molecule has 0 bridgehead atoms. The molecule has 1 amide bonds. The number of hydrogen-bond donors (Lipinski definition) is 3. The number of sulfonamides is 1. The summed E-state index contributed by atoms with van der Waals surface area (Å²) in [6.45, 7) is 1.84.